The molecule has 1 aromatic heterocycles. The van der Waals surface area contributed by atoms with Crippen LogP contribution in [0.2, 0.25) is 0 Å². The van der Waals surface area contributed by atoms with Crippen molar-refractivity contribution < 1.29 is 9.47 Å². The molecule has 1 heterocycles. The number of hydrogen-bond donors (Lipinski definition) is 1. The van der Waals surface area contributed by atoms with Gasteiger partial charge in [-0.1, -0.05) is 24.3 Å². The first-order valence-electron chi connectivity index (χ1n) is 7.69. The van der Waals surface area contributed by atoms with Crippen LogP contribution in [0, 0.1) is 0 Å². The summed E-state index contributed by atoms with van der Waals surface area (Å²) in [6.07, 6.45) is 3.63. The molecule has 5 nitrogen and oxygen atoms in total. The minimum absolute atomic E-state index is 0.149. The van der Waals surface area contributed by atoms with E-state index in [2.05, 4.69) is 9.97 Å². The lowest BCUT2D eigenvalue weighted by Gasteiger charge is -2.09. The standard InChI is InChI=1S/C19H18N2O3/c1-3-24-16-10-8-13(12-17(16)23-2)9-11-18-20-15-7-5-4-6-14(15)19(22)21-18/h4-12H,3H2,1-2H3,(H,20,21,22)/b11-9+. The van der Waals surface area contributed by atoms with Gasteiger partial charge in [0.15, 0.2) is 11.5 Å². The zero-order valence-corrected chi connectivity index (χ0v) is 13.6. The molecule has 0 saturated carbocycles. The summed E-state index contributed by atoms with van der Waals surface area (Å²) in [6, 6.07) is 12.9. The van der Waals surface area contributed by atoms with Crippen molar-refractivity contribution in [2.45, 2.75) is 6.92 Å². The van der Waals surface area contributed by atoms with Crippen molar-refractivity contribution in [1.82, 2.24) is 9.97 Å². The fourth-order valence-electron chi connectivity index (χ4n) is 2.42. The van der Waals surface area contributed by atoms with E-state index in [1.54, 1.807) is 19.3 Å². The molecule has 0 spiro atoms. The van der Waals surface area contributed by atoms with Crippen LogP contribution in [-0.2, 0) is 0 Å². The Bertz CT molecular complexity index is 945. The molecular weight excluding hydrogens is 304 g/mol. The van der Waals surface area contributed by atoms with Crippen molar-refractivity contribution in [3.05, 3.63) is 64.2 Å². The lowest BCUT2D eigenvalue weighted by Crippen LogP contribution is -2.09. The van der Waals surface area contributed by atoms with Crippen LogP contribution in [0.15, 0.2) is 47.3 Å². The Morgan fingerprint density at radius 1 is 1.12 bits per heavy atom. The number of para-hydroxylation sites is 1. The minimum Gasteiger partial charge on any atom is -0.493 e. The summed E-state index contributed by atoms with van der Waals surface area (Å²) in [6.45, 7) is 2.50. The van der Waals surface area contributed by atoms with Gasteiger partial charge in [0.25, 0.3) is 5.56 Å². The first-order valence-corrected chi connectivity index (χ1v) is 7.69. The first-order chi connectivity index (χ1) is 11.7. The average Bonchev–Trinajstić information content (AvgIpc) is 2.61. The maximum atomic E-state index is 12.1. The summed E-state index contributed by atoms with van der Waals surface area (Å²) in [5.41, 5.74) is 1.45. The number of hydrogen-bond acceptors (Lipinski definition) is 4. The Hall–Kier alpha value is -3.08. The largest absolute Gasteiger partial charge is 0.493 e. The molecule has 3 aromatic rings. The number of ether oxygens (including phenoxy) is 2. The second-order valence-electron chi connectivity index (χ2n) is 5.14. The normalized spacial score (nSPS) is 11.1. The van der Waals surface area contributed by atoms with Crippen molar-refractivity contribution in [2.75, 3.05) is 13.7 Å². The smallest absolute Gasteiger partial charge is 0.259 e. The predicted octanol–water partition coefficient (Wildman–Crippen LogP) is 3.50. The highest BCUT2D eigenvalue weighted by molar-refractivity contribution is 5.79. The van der Waals surface area contributed by atoms with Crippen LogP contribution in [0.4, 0.5) is 0 Å². The molecule has 0 aliphatic rings. The molecule has 0 fully saturated rings. The number of methoxy groups -OCH3 is 1. The van der Waals surface area contributed by atoms with Crippen LogP contribution in [-0.4, -0.2) is 23.7 Å². The molecule has 0 radical (unpaired) electrons. The monoisotopic (exact) mass is 322 g/mol. The number of aromatic amines is 1. The molecule has 0 saturated heterocycles. The summed E-state index contributed by atoms with van der Waals surface area (Å²) < 4.78 is 10.8. The lowest BCUT2D eigenvalue weighted by molar-refractivity contribution is 0.311. The number of nitrogens with zero attached hydrogens (tertiary/aromatic N) is 1. The van der Waals surface area contributed by atoms with Crippen molar-refractivity contribution in [2.24, 2.45) is 0 Å². The zero-order chi connectivity index (χ0) is 16.9. The first kappa shape index (κ1) is 15.8. The number of nitrogens with one attached hydrogen (secondary N) is 1. The molecule has 0 amide bonds. The number of fused-ring (bicyclic) bond motifs is 1. The highest BCUT2D eigenvalue weighted by Crippen LogP contribution is 2.28. The number of benzene rings is 2. The van der Waals surface area contributed by atoms with Gasteiger partial charge in [-0.2, -0.15) is 0 Å². The van der Waals surface area contributed by atoms with Gasteiger partial charge in [0, 0.05) is 0 Å². The minimum atomic E-state index is -0.149. The van der Waals surface area contributed by atoms with Gasteiger partial charge in [-0.25, -0.2) is 4.98 Å². The Morgan fingerprint density at radius 2 is 1.96 bits per heavy atom. The molecule has 122 valence electrons. The van der Waals surface area contributed by atoms with E-state index in [1.165, 1.54) is 0 Å². The quantitative estimate of drug-likeness (QED) is 0.781. The summed E-state index contributed by atoms with van der Waals surface area (Å²) in [4.78, 5) is 19.3. The molecule has 3 rings (SSSR count). The van der Waals surface area contributed by atoms with E-state index >= 15 is 0 Å². The highest BCUT2D eigenvalue weighted by Gasteiger charge is 2.04. The van der Waals surface area contributed by atoms with Crippen molar-refractivity contribution in [1.29, 1.82) is 0 Å². The molecule has 0 aliphatic heterocycles. The van der Waals surface area contributed by atoms with Crippen LogP contribution in [0.1, 0.15) is 18.3 Å². The third kappa shape index (κ3) is 3.30. The molecule has 0 unspecified atom stereocenters. The van der Waals surface area contributed by atoms with E-state index in [-0.39, 0.29) is 5.56 Å². The van der Waals surface area contributed by atoms with Gasteiger partial charge in [-0.15, -0.1) is 0 Å². The number of rotatable bonds is 5. The lowest BCUT2D eigenvalue weighted by atomic mass is 10.2. The Kier molecular flexibility index (Phi) is 4.61. The van der Waals surface area contributed by atoms with Gasteiger partial charge in [-0.3, -0.25) is 4.79 Å². The second kappa shape index (κ2) is 7.00. The van der Waals surface area contributed by atoms with Crippen molar-refractivity contribution >= 4 is 23.1 Å². The number of H-pyrrole nitrogens is 1. The highest BCUT2D eigenvalue weighted by atomic mass is 16.5. The summed E-state index contributed by atoms with van der Waals surface area (Å²) in [5, 5.41) is 0.581. The fraction of sp³-hybridized carbons (Fsp3) is 0.158. The van der Waals surface area contributed by atoms with Crippen LogP contribution < -0.4 is 15.0 Å². The third-order valence-corrected chi connectivity index (χ3v) is 3.55. The van der Waals surface area contributed by atoms with E-state index in [0.29, 0.717) is 34.8 Å². The van der Waals surface area contributed by atoms with Crippen LogP contribution in [0.25, 0.3) is 23.1 Å². The van der Waals surface area contributed by atoms with E-state index in [4.69, 9.17) is 9.47 Å². The Morgan fingerprint density at radius 3 is 2.75 bits per heavy atom. The Balaban J connectivity index is 1.92. The Labute approximate surface area is 139 Å². The summed E-state index contributed by atoms with van der Waals surface area (Å²) >= 11 is 0. The summed E-state index contributed by atoms with van der Waals surface area (Å²) in [7, 11) is 1.60. The molecule has 0 atom stereocenters. The van der Waals surface area contributed by atoms with E-state index in [1.807, 2.05) is 49.4 Å². The third-order valence-electron chi connectivity index (χ3n) is 3.55. The topological polar surface area (TPSA) is 64.2 Å². The summed E-state index contributed by atoms with van der Waals surface area (Å²) in [5.74, 6) is 1.87. The van der Waals surface area contributed by atoms with Gasteiger partial charge in [0.05, 0.1) is 24.6 Å². The second-order valence-corrected chi connectivity index (χ2v) is 5.14. The van der Waals surface area contributed by atoms with Crippen LogP contribution >= 0.6 is 0 Å². The zero-order valence-electron chi connectivity index (χ0n) is 13.6. The van der Waals surface area contributed by atoms with Gasteiger partial charge in [-0.05, 0) is 42.8 Å². The van der Waals surface area contributed by atoms with Crippen LogP contribution in [0.3, 0.4) is 0 Å². The number of aromatic nitrogens is 2. The molecule has 24 heavy (non-hydrogen) atoms. The van der Waals surface area contributed by atoms with Gasteiger partial charge in [0.2, 0.25) is 0 Å². The average molecular weight is 322 g/mol. The SMILES string of the molecule is CCOc1ccc(/C=C/c2nc3ccccc3c(=O)[nH]2)cc1OC. The van der Waals surface area contributed by atoms with E-state index in [0.717, 1.165) is 5.56 Å². The maximum Gasteiger partial charge on any atom is 0.259 e. The van der Waals surface area contributed by atoms with Gasteiger partial charge < -0.3 is 14.5 Å². The van der Waals surface area contributed by atoms with Crippen molar-refractivity contribution in [3.8, 4) is 11.5 Å². The maximum absolute atomic E-state index is 12.1. The predicted molar refractivity (Wildman–Crippen MR) is 95.5 cm³/mol. The van der Waals surface area contributed by atoms with E-state index < -0.39 is 0 Å². The van der Waals surface area contributed by atoms with Gasteiger partial charge in [0.1, 0.15) is 5.82 Å². The molecule has 1 N–H and O–H groups in total. The fourth-order valence-corrected chi connectivity index (χ4v) is 2.42. The molecule has 5 heteroatoms. The van der Waals surface area contributed by atoms with Crippen molar-refractivity contribution in [3.63, 3.8) is 0 Å². The molecule has 2 aromatic carbocycles. The molecule has 0 aliphatic carbocycles. The van der Waals surface area contributed by atoms with Gasteiger partial charge >= 0.3 is 0 Å². The van der Waals surface area contributed by atoms with E-state index in [9.17, 15) is 4.79 Å². The molecule has 0 bridgehead atoms. The molecular formula is C19H18N2O3. The van der Waals surface area contributed by atoms with Crippen LogP contribution in [0.5, 0.6) is 11.5 Å².